The lowest BCUT2D eigenvalue weighted by atomic mass is 10.1. The van der Waals surface area contributed by atoms with Gasteiger partial charge in [-0.25, -0.2) is 0 Å². The minimum absolute atomic E-state index is 0.0222. The quantitative estimate of drug-likeness (QED) is 0.872. The Morgan fingerprint density at radius 2 is 1.88 bits per heavy atom. The first kappa shape index (κ1) is 16.6. The number of anilines is 2. The molecule has 0 unspecified atom stereocenters. The number of thioether (sulfide) groups is 1. The molecule has 4 nitrogen and oxygen atoms in total. The number of nitrogens with one attached hydrogen (secondary N) is 2. The molecule has 124 valence electrons. The summed E-state index contributed by atoms with van der Waals surface area (Å²) in [4.78, 5) is 24.3. The molecule has 0 aromatic heterocycles. The Morgan fingerprint density at radius 3 is 2.71 bits per heavy atom. The second-order valence-corrected chi connectivity index (χ2v) is 7.02. The van der Waals surface area contributed by atoms with Crippen LogP contribution >= 0.6 is 11.8 Å². The minimum atomic E-state index is -0.109. The van der Waals surface area contributed by atoms with Gasteiger partial charge in [0.25, 0.3) is 0 Å². The topological polar surface area (TPSA) is 58.2 Å². The van der Waals surface area contributed by atoms with Gasteiger partial charge in [-0.2, -0.15) is 0 Å². The van der Waals surface area contributed by atoms with E-state index < -0.39 is 0 Å². The highest BCUT2D eigenvalue weighted by molar-refractivity contribution is 8.00. The zero-order valence-electron chi connectivity index (χ0n) is 13.3. The van der Waals surface area contributed by atoms with E-state index in [0.717, 1.165) is 24.2 Å². The average Bonchev–Trinajstić information content (AvgIpc) is 2.75. The van der Waals surface area contributed by atoms with Gasteiger partial charge in [0.1, 0.15) is 0 Å². The van der Waals surface area contributed by atoms with Gasteiger partial charge in [0, 0.05) is 23.5 Å². The summed E-state index contributed by atoms with van der Waals surface area (Å²) in [7, 11) is 0. The van der Waals surface area contributed by atoms with Crippen molar-refractivity contribution in [3.05, 3.63) is 60.2 Å². The molecule has 2 amide bonds. The van der Waals surface area contributed by atoms with Gasteiger partial charge in [0.2, 0.25) is 11.8 Å². The fourth-order valence-corrected chi connectivity index (χ4v) is 3.77. The molecule has 1 aliphatic heterocycles. The molecule has 2 N–H and O–H groups in total. The van der Waals surface area contributed by atoms with Crippen LogP contribution in [0.1, 0.15) is 18.4 Å². The molecule has 0 radical (unpaired) electrons. The second kappa shape index (κ2) is 8.02. The number of rotatable bonds is 5. The molecule has 0 aliphatic carbocycles. The number of fused-ring (bicyclic) bond motifs is 1. The fraction of sp³-hybridized carbons (Fsp3) is 0.263. The molecule has 0 bridgehead atoms. The van der Waals surface area contributed by atoms with Crippen LogP contribution in [0.15, 0.2) is 54.6 Å². The van der Waals surface area contributed by atoms with Crippen LogP contribution in [-0.4, -0.2) is 22.8 Å². The lowest BCUT2D eigenvalue weighted by Gasteiger charge is -2.12. The van der Waals surface area contributed by atoms with Gasteiger partial charge in [-0.1, -0.05) is 36.4 Å². The summed E-state index contributed by atoms with van der Waals surface area (Å²) in [6, 6.07) is 17.3. The minimum Gasteiger partial charge on any atom is -0.326 e. The number of benzene rings is 2. The van der Waals surface area contributed by atoms with Crippen LogP contribution in [0.3, 0.4) is 0 Å². The maximum absolute atomic E-state index is 12.3. The largest absolute Gasteiger partial charge is 0.326 e. The van der Waals surface area contributed by atoms with Crippen LogP contribution in [0, 0.1) is 0 Å². The number of carbonyl (C=O) groups is 2. The summed E-state index contributed by atoms with van der Waals surface area (Å²) in [5.41, 5.74) is 2.89. The Labute approximate surface area is 146 Å². The second-order valence-electron chi connectivity index (χ2n) is 5.71. The van der Waals surface area contributed by atoms with E-state index in [2.05, 4.69) is 16.7 Å². The number of hydrogen-bond donors (Lipinski definition) is 2. The van der Waals surface area contributed by atoms with Gasteiger partial charge in [-0.15, -0.1) is 11.8 Å². The lowest BCUT2D eigenvalue weighted by molar-refractivity contribution is -0.116. The Balaban J connectivity index is 1.47. The van der Waals surface area contributed by atoms with Crippen molar-refractivity contribution in [2.75, 3.05) is 16.4 Å². The van der Waals surface area contributed by atoms with E-state index in [1.807, 2.05) is 48.5 Å². The molecule has 0 fully saturated rings. The lowest BCUT2D eigenvalue weighted by Crippen LogP contribution is -2.24. The van der Waals surface area contributed by atoms with Gasteiger partial charge < -0.3 is 10.6 Å². The van der Waals surface area contributed by atoms with E-state index in [0.29, 0.717) is 12.2 Å². The highest BCUT2D eigenvalue weighted by Gasteiger charge is 2.23. The van der Waals surface area contributed by atoms with Crippen LogP contribution in [-0.2, 0) is 16.0 Å². The van der Waals surface area contributed by atoms with Crippen LogP contribution in [0.5, 0.6) is 0 Å². The summed E-state index contributed by atoms with van der Waals surface area (Å²) >= 11 is 1.56. The zero-order chi connectivity index (χ0) is 16.8. The highest BCUT2D eigenvalue weighted by Crippen LogP contribution is 2.27. The molecule has 5 heteroatoms. The predicted molar refractivity (Wildman–Crippen MR) is 99.3 cm³/mol. The summed E-state index contributed by atoms with van der Waals surface area (Å²) in [5.74, 6) is 0.645. The molecule has 2 aromatic rings. The van der Waals surface area contributed by atoms with Crippen molar-refractivity contribution < 1.29 is 9.59 Å². The predicted octanol–water partition coefficient (Wildman–Crippen LogP) is 3.70. The number of hydrogen-bond acceptors (Lipinski definition) is 3. The van der Waals surface area contributed by atoms with Gasteiger partial charge in [-0.05, 0) is 36.6 Å². The van der Waals surface area contributed by atoms with E-state index in [4.69, 9.17) is 0 Å². The summed E-state index contributed by atoms with van der Waals surface area (Å²) in [6.45, 7) is 0. The van der Waals surface area contributed by atoms with Crippen LogP contribution in [0.4, 0.5) is 11.4 Å². The van der Waals surface area contributed by atoms with E-state index in [1.54, 1.807) is 11.8 Å². The molecule has 0 saturated heterocycles. The van der Waals surface area contributed by atoms with Gasteiger partial charge in [-0.3, -0.25) is 9.59 Å². The molecule has 24 heavy (non-hydrogen) atoms. The highest BCUT2D eigenvalue weighted by atomic mass is 32.2. The first-order valence-corrected chi connectivity index (χ1v) is 9.12. The Hall–Kier alpha value is -2.27. The Morgan fingerprint density at radius 1 is 1.12 bits per heavy atom. The molecular weight excluding hydrogens is 320 g/mol. The van der Waals surface area contributed by atoms with Crippen LogP contribution in [0.2, 0.25) is 0 Å². The number of para-hydroxylation sites is 2. The molecule has 3 rings (SSSR count). The third-order valence-corrected chi connectivity index (χ3v) is 5.24. The first-order valence-electron chi connectivity index (χ1n) is 8.07. The normalized spacial score (nSPS) is 16.7. The number of amides is 2. The number of aryl methyl sites for hydroxylation is 1. The van der Waals surface area contributed by atoms with E-state index in [1.165, 1.54) is 5.56 Å². The number of carbonyl (C=O) groups excluding carboxylic acids is 2. The molecule has 1 atom stereocenters. The Kier molecular flexibility index (Phi) is 5.54. The van der Waals surface area contributed by atoms with E-state index in [-0.39, 0.29) is 17.1 Å². The van der Waals surface area contributed by atoms with Crippen LogP contribution < -0.4 is 10.6 Å². The third-order valence-electron chi connectivity index (χ3n) is 3.95. The van der Waals surface area contributed by atoms with Gasteiger partial charge >= 0.3 is 0 Å². The monoisotopic (exact) mass is 340 g/mol. The third kappa shape index (κ3) is 4.38. The van der Waals surface area contributed by atoms with Crippen molar-refractivity contribution in [3.8, 4) is 0 Å². The molecule has 0 spiro atoms. The van der Waals surface area contributed by atoms with Crippen molar-refractivity contribution in [1.29, 1.82) is 0 Å². The van der Waals surface area contributed by atoms with Crippen molar-refractivity contribution >= 4 is 35.0 Å². The fourth-order valence-electron chi connectivity index (χ4n) is 2.69. The summed E-state index contributed by atoms with van der Waals surface area (Å²) in [5, 5.41) is 5.75. The standard InChI is InChI=1S/C19H20N2O2S/c22-18(20-15-7-2-1-3-8-15)12-13-24-17-11-10-14-6-4-5-9-16(14)21-19(17)23/h1-9,17H,10-13H2,(H,20,22)(H,21,23)/t17-/m0/s1. The molecular formula is C19H20N2O2S. The van der Waals surface area contributed by atoms with Crippen molar-refractivity contribution in [2.24, 2.45) is 0 Å². The van der Waals surface area contributed by atoms with E-state index in [9.17, 15) is 9.59 Å². The van der Waals surface area contributed by atoms with Crippen molar-refractivity contribution in [3.63, 3.8) is 0 Å². The first-order chi connectivity index (χ1) is 11.7. The van der Waals surface area contributed by atoms with Gasteiger partial charge in [0.05, 0.1) is 5.25 Å². The maximum Gasteiger partial charge on any atom is 0.237 e. The smallest absolute Gasteiger partial charge is 0.237 e. The Bertz CT molecular complexity index is 718. The molecule has 1 heterocycles. The SMILES string of the molecule is O=C(CCS[C@H]1CCc2ccccc2NC1=O)Nc1ccccc1. The van der Waals surface area contributed by atoms with E-state index >= 15 is 0 Å². The van der Waals surface area contributed by atoms with Crippen molar-refractivity contribution in [1.82, 2.24) is 0 Å². The van der Waals surface area contributed by atoms with Crippen molar-refractivity contribution in [2.45, 2.75) is 24.5 Å². The van der Waals surface area contributed by atoms with Gasteiger partial charge in [0.15, 0.2) is 0 Å². The average molecular weight is 340 g/mol. The molecule has 0 saturated carbocycles. The maximum atomic E-state index is 12.3. The van der Waals surface area contributed by atoms with Crippen LogP contribution in [0.25, 0.3) is 0 Å². The zero-order valence-corrected chi connectivity index (χ0v) is 14.1. The summed E-state index contributed by atoms with van der Waals surface area (Å²) < 4.78 is 0. The summed E-state index contributed by atoms with van der Waals surface area (Å²) in [6.07, 6.45) is 2.08. The molecule has 1 aliphatic rings. The molecule has 2 aromatic carbocycles.